The number of hydrogen-bond acceptors (Lipinski definition) is 4. The molecule has 7 heteroatoms. The number of aliphatic carboxylic acids is 1. The molecule has 1 heterocycles. The van der Waals surface area contributed by atoms with E-state index in [1.165, 1.54) is 4.90 Å². The molecule has 0 unspecified atom stereocenters. The first-order valence-electron chi connectivity index (χ1n) is 7.31. The molecular formula is C13H26N4O3. The molecule has 7 nitrogen and oxygen atoms in total. The first-order chi connectivity index (χ1) is 9.63. The van der Waals surface area contributed by atoms with E-state index in [1.54, 1.807) is 0 Å². The van der Waals surface area contributed by atoms with Crippen LogP contribution in [-0.4, -0.2) is 79.3 Å². The van der Waals surface area contributed by atoms with Crippen LogP contribution < -0.4 is 10.6 Å². The van der Waals surface area contributed by atoms with Gasteiger partial charge in [0.1, 0.15) is 0 Å². The zero-order valence-electron chi connectivity index (χ0n) is 12.2. The fraction of sp³-hybridized carbons (Fsp3) is 0.846. The highest BCUT2D eigenvalue weighted by atomic mass is 16.4. The number of nitrogens with one attached hydrogen (secondary N) is 2. The molecule has 0 aromatic rings. The lowest BCUT2D eigenvalue weighted by Crippen LogP contribution is -2.45. The van der Waals surface area contributed by atoms with Gasteiger partial charge in [0, 0.05) is 45.8 Å². The topological polar surface area (TPSA) is 84.9 Å². The molecule has 0 aromatic carbocycles. The number of carboxylic acid groups (broad SMARTS) is 1. The van der Waals surface area contributed by atoms with Crippen molar-refractivity contribution in [1.29, 1.82) is 0 Å². The van der Waals surface area contributed by atoms with Crippen molar-refractivity contribution in [2.45, 2.75) is 19.8 Å². The highest BCUT2D eigenvalue weighted by Crippen LogP contribution is 1.95. The lowest BCUT2D eigenvalue weighted by atomic mass is 10.3. The van der Waals surface area contributed by atoms with Crippen molar-refractivity contribution in [2.24, 2.45) is 0 Å². The molecule has 116 valence electrons. The van der Waals surface area contributed by atoms with Crippen LogP contribution in [-0.2, 0) is 4.79 Å². The molecule has 3 N–H and O–H groups in total. The third-order valence-corrected chi connectivity index (χ3v) is 3.40. The molecule has 0 atom stereocenters. The number of hydrogen-bond donors (Lipinski definition) is 3. The molecule has 1 aliphatic rings. The summed E-state index contributed by atoms with van der Waals surface area (Å²) in [5.41, 5.74) is 0. The van der Waals surface area contributed by atoms with Gasteiger partial charge in [0.05, 0.1) is 6.42 Å². The Morgan fingerprint density at radius 3 is 2.65 bits per heavy atom. The van der Waals surface area contributed by atoms with Crippen LogP contribution in [0.1, 0.15) is 19.8 Å². The van der Waals surface area contributed by atoms with Crippen molar-refractivity contribution >= 4 is 12.0 Å². The SMILES string of the molecule is CCN(CCC(=O)O)C(=O)NCCCN1CCNCC1. The molecule has 2 amide bonds. The molecule has 1 fully saturated rings. The van der Waals surface area contributed by atoms with Gasteiger partial charge in [0.2, 0.25) is 0 Å². The molecule has 1 saturated heterocycles. The van der Waals surface area contributed by atoms with Crippen LogP contribution in [0, 0.1) is 0 Å². The molecule has 0 aromatic heterocycles. The lowest BCUT2D eigenvalue weighted by molar-refractivity contribution is -0.137. The predicted octanol–water partition coefficient (Wildman–Crippen LogP) is -0.212. The van der Waals surface area contributed by atoms with Gasteiger partial charge >= 0.3 is 12.0 Å². The quantitative estimate of drug-likeness (QED) is 0.538. The van der Waals surface area contributed by atoms with Crippen LogP contribution in [0.2, 0.25) is 0 Å². The number of amides is 2. The Balaban J connectivity index is 2.12. The van der Waals surface area contributed by atoms with E-state index in [2.05, 4.69) is 15.5 Å². The van der Waals surface area contributed by atoms with Crippen LogP contribution in [0.5, 0.6) is 0 Å². The molecule has 0 spiro atoms. The lowest BCUT2D eigenvalue weighted by Gasteiger charge is -2.27. The second-order valence-electron chi connectivity index (χ2n) is 4.90. The van der Waals surface area contributed by atoms with Crippen molar-refractivity contribution in [3.05, 3.63) is 0 Å². The number of urea groups is 1. The Morgan fingerprint density at radius 1 is 1.35 bits per heavy atom. The molecule has 1 aliphatic heterocycles. The number of carbonyl (C=O) groups excluding carboxylic acids is 1. The Hall–Kier alpha value is -1.34. The monoisotopic (exact) mass is 286 g/mol. The third-order valence-electron chi connectivity index (χ3n) is 3.40. The number of carboxylic acids is 1. The van der Waals surface area contributed by atoms with Gasteiger partial charge in [-0.15, -0.1) is 0 Å². The highest BCUT2D eigenvalue weighted by Gasteiger charge is 2.13. The van der Waals surface area contributed by atoms with Crippen molar-refractivity contribution in [2.75, 3.05) is 52.4 Å². The van der Waals surface area contributed by atoms with Gasteiger partial charge in [-0.25, -0.2) is 4.79 Å². The Morgan fingerprint density at radius 2 is 2.05 bits per heavy atom. The summed E-state index contributed by atoms with van der Waals surface area (Å²) in [5, 5.41) is 14.8. The van der Waals surface area contributed by atoms with E-state index in [4.69, 9.17) is 5.11 Å². The van der Waals surface area contributed by atoms with Crippen LogP contribution in [0.25, 0.3) is 0 Å². The Bertz CT molecular complexity index is 306. The minimum absolute atomic E-state index is 0.0119. The largest absolute Gasteiger partial charge is 0.481 e. The summed E-state index contributed by atoms with van der Waals surface area (Å²) < 4.78 is 0. The summed E-state index contributed by atoms with van der Waals surface area (Å²) >= 11 is 0. The van der Waals surface area contributed by atoms with Crippen molar-refractivity contribution < 1.29 is 14.7 Å². The van der Waals surface area contributed by atoms with E-state index in [0.717, 1.165) is 39.1 Å². The summed E-state index contributed by atoms with van der Waals surface area (Å²) in [5.74, 6) is -0.880. The first-order valence-corrected chi connectivity index (χ1v) is 7.31. The second-order valence-corrected chi connectivity index (χ2v) is 4.90. The highest BCUT2D eigenvalue weighted by molar-refractivity contribution is 5.75. The van der Waals surface area contributed by atoms with E-state index in [9.17, 15) is 9.59 Å². The van der Waals surface area contributed by atoms with E-state index in [0.29, 0.717) is 13.1 Å². The minimum atomic E-state index is -0.880. The van der Waals surface area contributed by atoms with E-state index < -0.39 is 5.97 Å². The summed E-state index contributed by atoms with van der Waals surface area (Å²) in [6.07, 6.45) is 0.907. The Labute approximate surface area is 120 Å². The number of carbonyl (C=O) groups is 2. The molecule has 0 aliphatic carbocycles. The van der Waals surface area contributed by atoms with Gasteiger partial charge in [0.25, 0.3) is 0 Å². The fourth-order valence-electron chi connectivity index (χ4n) is 2.18. The Kier molecular flexibility index (Phi) is 7.98. The van der Waals surface area contributed by atoms with Gasteiger partial charge in [-0.3, -0.25) is 4.79 Å². The van der Waals surface area contributed by atoms with Gasteiger partial charge < -0.3 is 25.5 Å². The average Bonchev–Trinajstić information content (AvgIpc) is 2.45. The van der Waals surface area contributed by atoms with Gasteiger partial charge in [-0.2, -0.15) is 0 Å². The second kappa shape index (κ2) is 9.55. The minimum Gasteiger partial charge on any atom is -0.481 e. The molecule has 0 saturated carbocycles. The molecule has 0 radical (unpaired) electrons. The van der Waals surface area contributed by atoms with Crippen LogP contribution >= 0.6 is 0 Å². The fourth-order valence-corrected chi connectivity index (χ4v) is 2.18. The summed E-state index contributed by atoms with van der Waals surface area (Å²) in [7, 11) is 0. The molecule has 0 bridgehead atoms. The van der Waals surface area contributed by atoms with E-state index in [1.807, 2.05) is 6.92 Å². The number of piperazine rings is 1. The van der Waals surface area contributed by atoms with Crippen LogP contribution in [0.15, 0.2) is 0 Å². The maximum Gasteiger partial charge on any atom is 0.317 e. The maximum atomic E-state index is 11.8. The summed E-state index contributed by atoms with van der Waals surface area (Å²) in [4.78, 5) is 26.3. The predicted molar refractivity (Wildman–Crippen MR) is 76.8 cm³/mol. The number of rotatable bonds is 8. The average molecular weight is 286 g/mol. The first kappa shape index (κ1) is 16.7. The van der Waals surface area contributed by atoms with Gasteiger partial charge in [-0.05, 0) is 19.9 Å². The maximum absolute atomic E-state index is 11.8. The van der Waals surface area contributed by atoms with Crippen molar-refractivity contribution in [3.8, 4) is 0 Å². The summed E-state index contributed by atoms with van der Waals surface area (Å²) in [6.45, 7) is 8.45. The third kappa shape index (κ3) is 6.72. The van der Waals surface area contributed by atoms with Crippen LogP contribution in [0.3, 0.4) is 0 Å². The zero-order chi connectivity index (χ0) is 14.8. The van der Waals surface area contributed by atoms with E-state index >= 15 is 0 Å². The van der Waals surface area contributed by atoms with E-state index in [-0.39, 0.29) is 19.0 Å². The molecule has 20 heavy (non-hydrogen) atoms. The smallest absolute Gasteiger partial charge is 0.317 e. The number of nitrogens with zero attached hydrogens (tertiary/aromatic N) is 2. The molecular weight excluding hydrogens is 260 g/mol. The molecule has 1 rings (SSSR count). The normalized spacial score (nSPS) is 15.8. The zero-order valence-corrected chi connectivity index (χ0v) is 12.2. The standard InChI is InChI=1S/C13H26N4O3/c1-2-17(9-4-12(18)19)13(20)15-5-3-8-16-10-6-14-7-11-16/h14H,2-11H2,1H3,(H,15,20)(H,18,19). The van der Waals surface area contributed by atoms with Gasteiger partial charge in [-0.1, -0.05) is 0 Å². The summed E-state index contributed by atoms with van der Waals surface area (Å²) in [6, 6.07) is -0.172. The van der Waals surface area contributed by atoms with Gasteiger partial charge in [0.15, 0.2) is 0 Å². The van der Waals surface area contributed by atoms with Crippen molar-refractivity contribution in [3.63, 3.8) is 0 Å². The van der Waals surface area contributed by atoms with Crippen molar-refractivity contribution in [1.82, 2.24) is 20.4 Å². The van der Waals surface area contributed by atoms with Crippen LogP contribution in [0.4, 0.5) is 4.79 Å².